The monoisotopic (exact) mass is 214 g/mol. The molecule has 0 aromatic heterocycles. The van der Waals surface area contributed by atoms with E-state index in [9.17, 15) is 4.79 Å². The van der Waals surface area contributed by atoms with Gasteiger partial charge < -0.3 is 4.74 Å². The number of benzene rings is 1. The highest BCUT2D eigenvalue weighted by atomic mass is 16.5. The predicted octanol–water partition coefficient (Wildman–Crippen LogP) is 2.74. The molecule has 2 nitrogen and oxygen atoms in total. The molecule has 0 saturated carbocycles. The van der Waals surface area contributed by atoms with Gasteiger partial charge in [-0.1, -0.05) is 18.1 Å². The van der Waals surface area contributed by atoms with Crippen LogP contribution in [0.25, 0.3) is 0 Å². The van der Waals surface area contributed by atoms with Gasteiger partial charge in [-0.05, 0) is 30.5 Å². The van der Waals surface area contributed by atoms with Gasteiger partial charge in [-0.2, -0.15) is 0 Å². The number of rotatable bonds is 2. The molecule has 2 rings (SSSR count). The zero-order chi connectivity index (χ0) is 11.4. The highest BCUT2D eigenvalue weighted by molar-refractivity contribution is 5.89. The van der Waals surface area contributed by atoms with Crippen molar-refractivity contribution in [3.05, 3.63) is 35.4 Å². The first-order chi connectivity index (χ1) is 7.81. The van der Waals surface area contributed by atoms with E-state index in [4.69, 9.17) is 0 Å². The summed E-state index contributed by atoms with van der Waals surface area (Å²) in [5, 5.41) is 0. The van der Waals surface area contributed by atoms with Crippen molar-refractivity contribution >= 4 is 5.97 Å². The average molecular weight is 214 g/mol. The summed E-state index contributed by atoms with van der Waals surface area (Å²) in [6.45, 7) is 0. The summed E-state index contributed by atoms with van der Waals surface area (Å²) in [6, 6.07) is 7.54. The fraction of sp³-hybridized carbons (Fsp3) is 0.357. The second kappa shape index (κ2) is 4.85. The zero-order valence-electron chi connectivity index (χ0n) is 9.32. The van der Waals surface area contributed by atoms with E-state index < -0.39 is 0 Å². The molecule has 0 aliphatic heterocycles. The summed E-state index contributed by atoms with van der Waals surface area (Å²) in [5.41, 5.74) is 1.79. The van der Waals surface area contributed by atoms with Crippen molar-refractivity contribution in [1.82, 2.24) is 0 Å². The van der Waals surface area contributed by atoms with Crippen molar-refractivity contribution in [2.24, 2.45) is 0 Å². The summed E-state index contributed by atoms with van der Waals surface area (Å²) in [5.74, 6) is 6.42. The predicted molar refractivity (Wildman–Crippen MR) is 62.1 cm³/mol. The van der Waals surface area contributed by atoms with Crippen LogP contribution in [-0.2, 0) is 4.74 Å². The molecule has 0 radical (unpaired) electrons. The lowest BCUT2D eigenvalue weighted by molar-refractivity contribution is 0.0600. The number of methoxy groups -OCH3 is 1. The van der Waals surface area contributed by atoms with Crippen LogP contribution in [0.5, 0.6) is 0 Å². The molecule has 1 atom stereocenters. The third-order valence-corrected chi connectivity index (χ3v) is 2.81. The Balaban J connectivity index is 2.17. The van der Waals surface area contributed by atoms with Gasteiger partial charge in [0.1, 0.15) is 0 Å². The molecular formula is C14H14O2. The molecule has 1 aromatic carbocycles. The SMILES string of the molecule is COC(=O)c1ccc(C2C#CCCC2)cc1. The third kappa shape index (κ3) is 2.25. The lowest BCUT2D eigenvalue weighted by Crippen LogP contribution is -2.03. The quantitative estimate of drug-likeness (QED) is 0.559. The Morgan fingerprint density at radius 2 is 2.12 bits per heavy atom. The molecule has 1 aromatic rings. The number of esters is 1. The third-order valence-electron chi connectivity index (χ3n) is 2.81. The van der Waals surface area contributed by atoms with E-state index in [1.54, 1.807) is 12.1 Å². The summed E-state index contributed by atoms with van der Waals surface area (Å²) < 4.78 is 4.65. The highest BCUT2D eigenvalue weighted by Gasteiger charge is 2.12. The van der Waals surface area contributed by atoms with Crippen molar-refractivity contribution in [2.75, 3.05) is 7.11 Å². The summed E-state index contributed by atoms with van der Waals surface area (Å²) in [7, 11) is 1.39. The second-order valence-corrected chi connectivity index (χ2v) is 3.88. The van der Waals surface area contributed by atoms with Crippen molar-refractivity contribution < 1.29 is 9.53 Å². The van der Waals surface area contributed by atoms with Crippen LogP contribution in [0.2, 0.25) is 0 Å². The van der Waals surface area contributed by atoms with Crippen LogP contribution in [0, 0.1) is 11.8 Å². The van der Waals surface area contributed by atoms with E-state index in [0.29, 0.717) is 11.5 Å². The fourth-order valence-electron chi connectivity index (χ4n) is 1.88. The van der Waals surface area contributed by atoms with Gasteiger partial charge in [0.05, 0.1) is 12.7 Å². The van der Waals surface area contributed by atoms with Gasteiger partial charge in [0, 0.05) is 12.3 Å². The normalized spacial score (nSPS) is 18.4. The summed E-state index contributed by atoms with van der Waals surface area (Å²) >= 11 is 0. The molecule has 1 unspecified atom stereocenters. The van der Waals surface area contributed by atoms with Crippen molar-refractivity contribution in [1.29, 1.82) is 0 Å². The maximum Gasteiger partial charge on any atom is 0.337 e. The van der Waals surface area contributed by atoms with E-state index in [1.165, 1.54) is 12.7 Å². The van der Waals surface area contributed by atoms with Gasteiger partial charge in [-0.3, -0.25) is 0 Å². The standard InChI is InChI=1S/C14H14O2/c1-16-14(15)13-9-7-12(8-10-13)11-5-3-2-4-6-11/h7-11H,2-3,5H2,1H3. The number of carbonyl (C=O) groups is 1. The molecule has 1 aliphatic rings. The molecule has 0 amide bonds. The smallest absolute Gasteiger partial charge is 0.337 e. The molecular weight excluding hydrogens is 200 g/mol. The van der Waals surface area contributed by atoms with Crippen LogP contribution >= 0.6 is 0 Å². The molecule has 2 heteroatoms. The Bertz CT molecular complexity index is 434. The number of carbonyl (C=O) groups excluding carboxylic acids is 1. The maximum absolute atomic E-state index is 11.3. The Hall–Kier alpha value is -1.75. The number of ether oxygens (including phenoxy) is 1. The average Bonchev–Trinajstić information content (AvgIpc) is 2.39. The maximum atomic E-state index is 11.3. The first-order valence-corrected chi connectivity index (χ1v) is 5.48. The topological polar surface area (TPSA) is 26.3 Å². The van der Waals surface area contributed by atoms with E-state index in [-0.39, 0.29) is 5.97 Å². The molecule has 0 bridgehead atoms. The molecule has 0 N–H and O–H groups in total. The van der Waals surface area contributed by atoms with Crippen molar-refractivity contribution in [2.45, 2.75) is 25.2 Å². The minimum atomic E-state index is -0.290. The minimum absolute atomic E-state index is 0.290. The van der Waals surface area contributed by atoms with Crippen LogP contribution in [-0.4, -0.2) is 13.1 Å². The largest absolute Gasteiger partial charge is 0.465 e. The minimum Gasteiger partial charge on any atom is -0.465 e. The summed E-state index contributed by atoms with van der Waals surface area (Å²) in [4.78, 5) is 11.3. The molecule has 0 heterocycles. The molecule has 1 aliphatic carbocycles. The summed E-state index contributed by atoms with van der Waals surface area (Å²) in [6.07, 6.45) is 3.29. The molecule has 0 saturated heterocycles. The van der Waals surface area contributed by atoms with Gasteiger partial charge in [0.15, 0.2) is 0 Å². The second-order valence-electron chi connectivity index (χ2n) is 3.88. The van der Waals surface area contributed by atoms with E-state index in [2.05, 4.69) is 16.6 Å². The van der Waals surface area contributed by atoms with Crippen LogP contribution in [0.3, 0.4) is 0 Å². The molecule has 82 valence electrons. The fourth-order valence-corrected chi connectivity index (χ4v) is 1.88. The number of hydrogen-bond donors (Lipinski definition) is 0. The van der Waals surface area contributed by atoms with Gasteiger partial charge >= 0.3 is 5.97 Å². The highest BCUT2D eigenvalue weighted by Crippen LogP contribution is 2.24. The van der Waals surface area contributed by atoms with Crippen LogP contribution in [0.4, 0.5) is 0 Å². The zero-order valence-corrected chi connectivity index (χ0v) is 9.32. The Labute approximate surface area is 95.6 Å². The van der Waals surface area contributed by atoms with E-state index >= 15 is 0 Å². The Morgan fingerprint density at radius 1 is 1.38 bits per heavy atom. The van der Waals surface area contributed by atoms with Crippen molar-refractivity contribution in [3.63, 3.8) is 0 Å². The van der Waals surface area contributed by atoms with E-state index in [0.717, 1.165) is 19.3 Å². The van der Waals surface area contributed by atoms with Crippen LogP contribution in [0.15, 0.2) is 24.3 Å². The number of hydrogen-bond acceptors (Lipinski definition) is 2. The van der Waals surface area contributed by atoms with E-state index in [1.807, 2.05) is 12.1 Å². The molecule has 0 fully saturated rings. The Kier molecular flexibility index (Phi) is 3.26. The van der Waals surface area contributed by atoms with Crippen LogP contribution < -0.4 is 0 Å². The first kappa shape index (κ1) is 10.8. The first-order valence-electron chi connectivity index (χ1n) is 5.48. The Morgan fingerprint density at radius 3 is 2.69 bits per heavy atom. The molecule has 0 spiro atoms. The van der Waals surface area contributed by atoms with Crippen LogP contribution in [0.1, 0.15) is 41.1 Å². The van der Waals surface area contributed by atoms with Gasteiger partial charge in [-0.15, -0.1) is 5.92 Å². The van der Waals surface area contributed by atoms with Gasteiger partial charge in [0.25, 0.3) is 0 Å². The van der Waals surface area contributed by atoms with Gasteiger partial charge in [0.2, 0.25) is 0 Å². The lowest BCUT2D eigenvalue weighted by Gasteiger charge is -2.13. The van der Waals surface area contributed by atoms with Crippen molar-refractivity contribution in [3.8, 4) is 11.8 Å². The molecule has 16 heavy (non-hydrogen) atoms. The van der Waals surface area contributed by atoms with Gasteiger partial charge in [-0.25, -0.2) is 4.79 Å². The lowest BCUT2D eigenvalue weighted by atomic mass is 9.90.